The van der Waals surface area contributed by atoms with E-state index in [2.05, 4.69) is 29.7 Å². The zero-order chi connectivity index (χ0) is 13.7. The van der Waals surface area contributed by atoms with E-state index < -0.39 is 0 Å². The van der Waals surface area contributed by atoms with Crippen LogP contribution in [-0.4, -0.2) is 18.0 Å². The van der Waals surface area contributed by atoms with Crippen LogP contribution in [0.2, 0.25) is 0 Å². The fourth-order valence-electron chi connectivity index (χ4n) is 2.79. The van der Waals surface area contributed by atoms with E-state index >= 15 is 0 Å². The van der Waals surface area contributed by atoms with Gasteiger partial charge in [0.15, 0.2) is 0 Å². The number of urea groups is 1. The first-order valence-electron chi connectivity index (χ1n) is 7.01. The fraction of sp³-hybridized carbons (Fsp3) is 0.533. The van der Waals surface area contributed by atoms with Gasteiger partial charge >= 0.3 is 6.03 Å². The fourth-order valence-corrected chi connectivity index (χ4v) is 2.79. The van der Waals surface area contributed by atoms with Crippen LogP contribution in [0.3, 0.4) is 0 Å². The molecule has 2 rings (SSSR count). The molecule has 0 atom stereocenters. The molecule has 0 bridgehead atoms. The molecule has 19 heavy (non-hydrogen) atoms. The number of hydrogen-bond acceptors (Lipinski definition) is 2. The van der Waals surface area contributed by atoms with Gasteiger partial charge in [-0.05, 0) is 29.9 Å². The average molecular weight is 261 g/mol. The molecule has 0 unspecified atom stereocenters. The third kappa shape index (κ3) is 3.70. The van der Waals surface area contributed by atoms with E-state index in [1.807, 2.05) is 0 Å². The molecule has 0 saturated heterocycles. The summed E-state index contributed by atoms with van der Waals surface area (Å²) in [6.07, 6.45) is 6.72. The molecule has 3 N–H and O–H groups in total. The summed E-state index contributed by atoms with van der Waals surface area (Å²) in [6.45, 7) is 0.577. The van der Waals surface area contributed by atoms with Crippen molar-refractivity contribution in [1.82, 2.24) is 10.3 Å². The Bertz CT molecular complexity index is 410. The second kappa shape index (κ2) is 6.57. The number of hydrogen-bond donors (Lipinski definition) is 2. The standard InChI is InChI=1S/C15H23N3O/c1-18(15(19)17-16)11-12-7-9-14(10-8-12)13-5-3-2-4-6-13/h7-10,13H,2-6,11,16H2,1H3,(H,17,19). The van der Waals surface area contributed by atoms with Crippen LogP contribution in [0.4, 0.5) is 4.79 Å². The molecule has 1 aromatic rings. The number of nitrogens with two attached hydrogens (primary N) is 1. The second-order valence-electron chi connectivity index (χ2n) is 5.38. The molecule has 0 aliphatic heterocycles. The summed E-state index contributed by atoms with van der Waals surface area (Å²) in [5.41, 5.74) is 4.70. The average Bonchev–Trinajstić information content (AvgIpc) is 2.48. The van der Waals surface area contributed by atoms with Crippen LogP contribution >= 0.6 is 0 Å². The van der Waals surface area contributed by atoms with Crippen LogP contribution in [0.1, 0.15) is 49.1 Å². The molecule has 1 aliphatic rings. The first kappa shape index (κ1) is 13.9. The van der Waals surface area contributed by atoms with E-state index in [0.29, 0.717) is 6.54 Å². The van der Waals surface area contributed by atoms with Crippen molar-refractivity contribution < 1.29 is 4.79 Å². The van der Waals surface area contributed by atoms with E-state index in [0.717, 1.165) is 11.5 Å². The van der Waals surface area contributed by atoms with Crippen molar-refractivity contribution in [3.05, 3.63) is 35.4 Å². The van der Waals surface area contributed by atoms with Crippen molar-refractivity contribution >= 4 is 6.03 Å². The van der Waals surface area contributed by atoms with E-state index in [1.165, 1.54) is 37.7 Å². The highest BCUT2D eigenvalue weighted by molar-refractivity contribution is 5.73. The van der Waals surface area contributed by atoms with Gasteiger partial charge in [-0.2, -0.15) is 0 Å². The van der Waals surface area contributed by atoms with Crippen LogP contribution in [0.15, 0.2) is 24.3 Å². The zero-order valence-corrected chi connectivity index (χ0v) is 11.6. The SMILES string of the molecule is CN(Cc1ccc(C2CCCCC2)cc1)C(=O)NN. The zero-order valence-electron chi connectivity index (χ0n) is 11.6. The molecule has 1 saturated carbocycles. The minimum absolute atomic E-state index is 0.267. The number of nitrogens with zero attached hydrogens (tertiary/aromatic N) is 1. The van der Waals surface area contributed by atoms with Crippen molar-refractivity contribution in [2.24, 2.45) is 5.84 Å². The van der Waals surface area contributed by atoms with E-state index in [9.17, 15) is 4.79 Å². The Morgan fingerprint density at radius 3 is 2.47 bits per heavy atom. The number of nitrogens with one attached hydrogen (secondary N) is 1. The molecule has 1 aromatic carbocycles. The Morgan fingerprint density at radius 2 is 1.89 bits per heavy atom. The van der Waals surface area contributed by atoms with Gasteiger partial charge in [0.1, 0.15) is 0 Å². The van der Waals surface area contributed by atoms with E-state index in [4.69, 9.17) is 5.84 Å². The molecule has 0 heterocycles. The summed E-state index contributed by atoms with van der Waals surface area (Å²) < 4.78 is 0. The third-order valence-electron chi connectivity index (χ3n) is 3.95. The number of benzene rings is 1. The van der Waals surface area contributed by atoms with Crippen molar-refractivity contribution in [2.45, 2.75) is 44.6 Å². The number of rotatable bonds is 3. The van der Waals surface area contributed by atoms with Crippen molar-refractivity contribution in [2.75, 3.05) is 7.05 Å². The lowest BCUT2D eigenvalue weighted by atomic mass is 9.84. The summed E-state index contributed by atoms with van der Waals surface area (Å²) in [5, 5.41) is 0. The topological polar surface area (TPSA) is 58.4 Å². The highest BCUT2D eigenvalue weighted by atomic mass is 16.2. The quantitative estimate of drug-likeness (QED) is 0.499. The van der Waals surface area contributed by atoms with Gasteiger partial charge in [-0.1, -0.05) is 43.5 Å². The Hall–Kier alpha value is -1.55. The molecule has 0 spiro atoms. The van der Waals surface area contributed by atoms with E-state index in [-0.39, 0.29) is 6.03 Å². The first-order valence-corrected chi connectivity index (χ1v) is 7.01. The minimum Gasteiger partial charge on any atom is -0.322 e. The molecular weight excluding hydrogens is 238 g/mol. The summed E-state index contributed by atoms with van der Waals surface area (Å²) in [6, 6.07) is 8.38. The summed E-state index contributed by atoms with van der Waals surface area (Å²) in [5.74, 6) is 5.84. The Balaban J connectivity index is 1.96. The molecule has 0 aromatic heterocycles. The van der Waals surface area contributed by atoms with Crippen LogP contribution in [0.5, 0.6) is 0 Å². The van der Waals surface area contributed by atoms with Crippen molar-refractivity contribution in [1.29, 1.82) is 0 Å². The largest absolute Gasteiger partial charge is 0.331 e. The summed E-state index contributed by atoms with van der Waals surface area (Å²) in [4.78, 5) is 12.9. The van der Waals surface area contributed by atoms with Crippen molar-refractivity contribution in [3.8, 4) is 0 Å². The summed E-state index contributed by atoms with van der Waals surface area (Å²) in [7, 11) is 1.73. The number of hydrazine groups is 1. The van der Waals surface area contributed by atoms with Gasteiger partial charge < -0.3 is 4.90 Å². The predicted molar refractivity (Wildman–Crippen MR) is 76.5 cm³/mol. The highest BCUT2D eigenvalue weighted by Crippen LogP contribution is 2.32. The number of carbonyl (C=O) groups excluding carboxylic acids is 1. The number of carbonyl (C=O) groups is 1. The smallest absolute Gasteiger partial charge is 0.322 e. The van der Waals surface area contributed by atoms with Gasteiger partial charge in [-0.25, -0.2) is 10.6 Å². The van der Waals surface area contributed by atoms with E-state index in [1.54, 1.807) is 11.9 Å². The normalized spacial score (nSPS) is 16.1. The van der Waals surface area contributed by atoms with Gasteiger partial charge in [0.05, 0.1) is 0 Å². The molecule has 1 fully saturated rings. The molecule has 104 valence electrons. The van der Waals surface area contributed by atoms with Crippen LogP contribution in [-0.2, 0) is 6.54 Å². The lowest BCUT2D eigenvalue weighted by Gasteiger charge is -2.22. The van der Waals surface area contributed by atoms with Crippen LogP contribution in [0, 0.1) is 0 Å². The van der Waals surface area contributed by atoms with Gasteiger partial charge in [0.25, 0.3) is 0 Å². The second-order valence-corrected chi connectivity index (χ2v) is 5.38. The molecule has 1 aliphatic carbocycles. The molecular formula is C15H23N3O. The lowest BCUT2D eigenvalue weighted by molar-refractivity contribution is 0.207. The van der Waals surface area contributed by atoms with Crippen molar-refractivity contribution in [3.63, 3.8) is 0 Å². The summed E-state index contributed by atoms with van der Waals surface area (Å²) >= 11 is 0. The van der Waals surface area contributed by atoms with Crippen LogP contribution < -0.4 is 11.3 Å². The Morgan fingerprint density at radius 1 is 1.26 bits per heavy atom. The molecule has 0 radical (unpaired) electrons. The maximum Gasteiger partial charge on any atom is 0.331 e. The highest BCUT2D eigenvalue weighted by Gasteiger charge is 2.15. The molecule has 2 amide bonds. The Labute approximate surface area is 114 Å². The maximum atomic E-state index is 11.3. The van der Waals surface area contributed by atoms with Gasteiger partial charge in [0, 0.05) is 13.6 Å². The Kier molecular flexibility index (Phi) is 4.80. The molecule has 4 heteroatoms. The lowest BCUT2D eigenvalue weighted by Crippen LogP contribution is -2.40. The minimum atomic E-state index is -0.267. The maximum absolute atomic E-state index is 11.3. The van der Waals surface area contributed by atoms with Gasteiger partial charge in [0.2, 0.25) is 0 Å². The van der Waals surface area contributed by atoms with Gasteiger partial charge in [-0.3, -0.25) is 5.43 Å². The van der Waals surface area contributed by atoms with Gasteiger partial charge in [-0.15, -0.1) is 0 Å². The van der Waals surface area contributed by atoms with Crippen LogP contribution in [0.25, 0.3) is 0 Å². The first-order chi connectivity index (χ1) is 9.20. The predicted octanol–water partition coefficient (Wildman–Crippen LogP) is 2.75. The number of amides is 2. The molecule has 4 nitrogen and oxygen atoms in total. The third-order valence-corrected chi connectivity index (χ3v) is 3.95. The monoisotopic (exact) mass is 261 g/mol.